The van der Waals surface area contributed by atoms with Crippen LogP contribution in [0.3, 0.4) is 0 Å². The Kier molecular flexibility index (Phi) is 7.40. The Labute approximate surface area is 140 Å². The Balaban J connectivity index is 1.77. The molecule has 128 valence electrons. The van der Waals surface area contributed by atoms with Crippen molar-refractivity contribution in [2.75, 3.05) is 26.2 Å². The molecule has 1 heterocycles. The molecule has 0 saturated carbocycles. The molecular formula is C19H30N2O2. The zero-order valence-electron chi connectivity index (χ0n) is 14.5. The number of rotatable bonds is 8. The lowest BCUT2D eigenvalue weighted by molar-refractivity contribution is 0.0911. The first-order valence-corrected chi connectivity index (χ1v) is 8.99. The van der Waals surface area contributed by atoms with Gasteiger partial charge in [-0.05, 0) is 56.5 Å². The van der Waals surface area contributed by atoms with Gasteiger partial charge in [0.1, 0.15) is 5.75 Å². The molecule has 0 aromatic heterocycles. The van der Waals surface area contributed by atoms with E-state index in [0.29, 0.717) is 11.6 Å². The zero-order valence-corrected chi connectivity index (χ0v) is 14.5. The molecule has 1 aromatic carbocycles. The van der Waals surface area contributed by atoms with Gasteiger partial charge in [-0.15, -0.1) is 0 Å². The summed E-state index contributed by atoms with van der Waals surface area (Å²) < 4.78 is 5.63. The highest BCUT2D eigenvalue weighted by Gasteiger charge is 2.20. The largest absolute Gasteiger partial charge is 0.494 e. The third-order valence-electron chi connectivity index (χ3n) is 4.35. The van der Waals surface area contributed by atoms with Gasteiger partial charge in [0.25, 0.3) is 5.91 Å². The third kappa shape index (κ3) is 5.87. The van der Waals surface area contributed by atoms with Gasteiger partial charge in [-0.2, -0.15) is 0 Å². The highest BCUT2D eigenvalue weighted by atomic mass is 16.5. The second-order valence-corrected chi connectivity index (χ2v) is 6.32. The summed E-state index contributed by atoms with van der Waals surface area (Å²) in [7, 11) is 0. The average molecular weight is 318 g/mol. The predicted molar refractivity (Wildman–Crippen MR) is 94.1 cm³/mol. The number of amides is 1. The van der Waals surface area contributed by atoms with Crippen LogP contribution in [-0.4, -0.2) is 43.1 Å². The van der Waals surface area contributed by atoms with Gasteiger partial charge in [-0.1, -0.05) is 20.3 Å². The van der Waals surface area contributed by atoms with E-state index in [4.69, 9.17) is 4.74 Å². The zero-order chi connectivity index (χ0) is 16.5. The van der Waals surface area contributed by atoms with Crippen molar-refractivity contribution in [3.63, 3.8) is 0 Å². The number of nitrogens with zero attached hydrogens (tertiary/aromatic N) is 1. The maximum absolute atomic E-state index is 12.3. The van der Waals surface area contributed by atoms with Crippen LogP contribution in [0.2, 0.25) is 0 Å². The Bertz CT molecular complexity index is 465. The summed E-state index contributed by atoms with van der Waals surface area (Å²) >= 11 is 0. The molecule has 1 fully saturated rings. The minimum Gasteiger partial charge on any atom is -0.494 e. The van der Waals surface area contributed by atoms with Crippen molar-refractivity contribution in [1.82, 2.24) is 10.2 Å². The van der Waals surface area contributed by atoms with Gasteiger partial charge >= 0.3 is 0 Å². The molecule has 23 heavy (non-hydrogen) atoms. The van der Waals surface area contributed by atoms with E-state index in [1.54, 1.807) is 0 Å². The van der Waals surface area contributed by atoms with Crippen molar-refractivity contribution in [3.8, 4) is 5.75 Å². The monoisotopic (exact) mass is 318 g/mol. The molecule has 1 N–H and O–H groups in total. The third-order valence-corrected chi connectivity index (χ3v) is 4.35. The summed E-state index contributed by atoms with van der Waals surface area (Å²) in [5, 5.41) is 3.16. The molecule has 1 amide bonds. The molecule has 2 rings (SSSR count). The first-order chi connectivity index (χ1) is 11.2. The van der Waals surface area contributed by atoms with Crippen molar-refractivity contribution < 1.29 is 9.53 Å². The second kappa shape index (κ2) is 9.56. The van der Waals surface area contributed by atoms with Gasteiger partial charge in [0.15, 0.2) is 0 Å². The van der Waals surface area contributed by atoms with Crippen LogP contribution in [-0.2, 0) is 0 Å². The van der Waals surface area contributed by atoms with Crippen molar-refractivity contribution in [1.29, 1.82) is 0 Å². The Morgan fingerprint density at radius 2 is 1.87 bits per heavy atom. The van der Waals surface area contributed by atoms with Gasteiger partial charge in [-0.25, -0.2) is 0 Å². The van der Waals surface area contributed by atoms with Crippen LogP contribution < -0.4 is 10.1 Å². The van der Waals surface area contributed by atoms with Gasteiger partial charge in [-0.3, -0.25) is 4.79 Å². The van der Waals surface area contributed by atoms with E-state index in [9.17, 15) is 4.79 Å². The number of hydrogen-bond acceptors (Lipinski definition) is 3. The maximum Gasteiger partial charge on any atom is 0.251 e. The number of benzene rings is 1. The van der Waals surface area contributed by atoms with Gasteiger partial charge in [0.05, 0.1) is 6.61 Å². The number of carbonyl (C=O) groups is 1. The van der Waals surface area contributed by atoms with Crippen molar-refractivity contribution >= 4 is 5.91 Å². The fourth-order valence-electron chi connectivity index (χ4n) is 2.92. The average Bonchev–Trinajstić information content (AvgIpc) is 2.58. The van der Waals surface area contributed by atoms with Gasteiger partial charge in [0.2, 0.25) is 0 Å². The van der Waals surface area contributed by atoms with Crippen LogP contribution >= 0.6 is 0 Å². The number of piperidine rings is 1. The van der Waals surface area contributed by atoms with E-state index in [1.165, 1.54) is 13.0 Å². The normalized spacial score (nSPS) is 16.3. The Hall–Kier alpha value is -1.55. The smallest absolute Gasteiger partial charge is 0.251 e. The van der Waals surface area contributed by atoms with E-state index in [-0.39, 0.29) is 5.91 Å². The highest BCUT2D eigenvalue weighted by Crippen LogP contribution is 2.15. The summed E-state index contributed by atoms with van der Waals surface area (Å²) in [4.78, 5) is 14.8. The maximum atomic E-state index is 12.3. The summed E-state index contributed by atoms with van der Waals surface area (Å²) in [6.07, 6.45) is 5.47. The van der Waals surface area contributed by atoms with Crippen LogP contribution in [0.25, 0.3) is 0 Å². The Morgan fingerprint density at radius 3 is 2.48 bits per heavy atom. The SMILES string of the molecule is CCCCOc1ccc(C(=O)NC2CCN(CCC)CC2)cc1. The molecule has 0 radical (unpaired) electrons. The predicted octanol–water partition coefficient (Wildman–Crippen LogP) is 3.47. The lowest BCUT2D eigenvalue weighted by Gasteiger charge is -2.32. The number of ether oxygens (including phenoxy) is 1. The number of likely N-dealkylation sites (tertiary alicyclic amines) is 1. The van der Waals surface area contributed by atoms with E-state index >= 15 is 0 Å². The molecule has 0 spiro atoms. The summed E-state index contributed by atoms with van der Waals surface area (Å²) in [5.41, 5.74) is 0.712. The van der Waals surface area contributed by atoms with Crippen molar-refractivity contribution in [2.45, 2.75) is 52.0 Å². The number of carbonyl (C=O) groups excluding carboxylic acids is 1. The molecule has 4 heteroatoms. The van der Waals surface area contributed by atoms with Crippen LogP contribution in [0.15, 0.2) is 24.3 Å². The fraction of sp³-hybridized carbons (Fsp3) is 0.632. The van der Waals surface area contributed by atoms with Crippen LogP contribution in [0.1, 0.15) is 56.3 Å². The lowest BCUT2D eigenvalue weighted by atomic mass is 10.0. The molecule has 1 aliphatic rings. The quantitative estimate of drug-likeness (QED) is 0.746. The van der Waals surface area contributed by atoms with E-state index < -0.39 is 0 Å². The van der Waals surface area contributed by atoms with Crippen molar-refractivity contribution in [2.24, 2.45) is 0 Å². The first kappa shape index (κ1) is 17.8. The number of unbranched alkanes of at least 4 members (excludes halogenated alkanes) is 1. The highest BCUT2D eigenvalue weighted by molar-refractivity contribution is 5.94. The minimum absolute atomic E-state index is 0.0269. The molecular weight excluding hydrogens is 288 g/mol. The van der Waals surface area contributed by atoms with Crippen LogP contribution in [0, 0.1) is 0 Å². The van der Waals surface area contributed by atoms with Gasteiger partial charge in [0, 0.05) is 24.7 Å². The lowest BCUT2D eigenvalue weighted by Crippen LogP contribution is -2.44. The van der Waals surface area contributed by atoms with Crippen LogP contribution in [0.5, 0.6) is 5.75 Å². The molecule has 4 nitrogen and oxygen atoms in total. The second-order valence-electron chi connectivity index (χ2n) is 6.32. The van der Waals surface area contributed by atoms with E-state index in [0.717, 1.165) is 51.1 Å². The first-order valence-electron chi connectivity index (χ1n) is 8.99. The summed E-state index contributed by atoms with van der Waals surface area (Å²) in [6.45, 7) is 8.43. The topological polar surface area (TPSA) is 41.6 Å². The molecule has 0 unspecified atom stereocenters. The molecule has 1 saturated heterocycles. The van der Waals surface area contributed by atoms with Crippen molar-refractivity contribution in [3.05, 3.63) is 29.8 Å². The fourth-order valence-corrected chi connectivity index (χ4v) is 2.92. The van der Waals surface area contributed by atoms with E-state index in [2.05, 4.69) is 24.1 Å². The molecule has 1 aromatic rings. The van der Waals surface area contributed by atoms with Gasteiger partial charge < -0.3 is 15.0 Å². The molecule has 1 aliphatic heterocycles. The van der Waals surface area contributed by atoms with E-state index in [1.807, 2.05) is 24.3 Å². The summed E-state index contributed by atoms with van der Waals surface area (Å²) in [6, 6.07) is 7.77. The minimum atomic E-state index is 0.0269. The van der Waals surface area contributed by atoms with Crippen LogP contribution in [0.4, 0.5) is 0 Å². The Morgan fingerprint density at radius 1 is 1.17 bits per heavy atom. The molecule has 0 bridgehead atoms. The molecule has 0 aliphatic carbocycles. The standard InChI is InChI=1S/C19H30N2O2/c1-3-5-15-23-18-8-6-16(7-9-18)19(22)20-17-10-13-21(12-4-2)14-11-17/h6-9,17H,3-5,10-15H2,1-2H3,(H,20,22). The summed E-state index contributed by atoms with van der Waals surface area (Å²) in [5.74, 6) is 0.863. The number of nitrogens with one attached hydrogen (secondary N) is 1. The number of hydrogen-bond donors (Lipinski definition) is 1. The molecule has 0 atom stereocenters.